The molecule has 0 aliphatic heterocycles. The number of ether oxygens (including phenoxy) is 1. The van der Waals surface area contributed by atoms with E-state index >= 15 is 0 Å². The minimum atomic E-state index is 0.309. The number of nitrogens with two attached hydrogens (primary N) is 1. The molecule has 0 unspecified atom stereocenters. The number of rotatable bonds is 3. The predicted molar refractivity (Wildman–Crippen MR) is 76.7 cm³/mol. The average molecular weight is 303 g/mol. The van der Waals surface area contributed by atoms with Crippen LogP contribution in [0.1, 0.15) is 5.56 Å². The zero-order valence-corrected chi connectivity index (χ0v) is 11.6. The van der Waals surface area contributed by atoms with Crippen molar-refractivity contribution in [3.63, 3.8) is 0 Å². The van der Waals surface area contributed by atoms with Gasteiger partial charge in [0, 0.05) is 16.3 Å². The Morgan fingerprint density at radius 3 is 2.56 bits per heavy atom. The molecule has 0 saturated carbocycles. The molecule has 2 aromatic rings. The van der Waals surface area contributed by atoms with Gasteiger partial charge in [0.05, 0.1) is 5.02 Å². The molecular weight excluding hydrogens is 293 g/mol. The normalized spacial score (nSPS) is 10.4. The third kappa shape index (κ3) is 3.02. The maximum Gasteiger partial charge on any atom is 0.139 e. The van der Waals surface area contributed by atoms with Crippen molar-refractivity contribution >= 4 is 40.5 Å². The highest BCUT2D eigenvalue weighted by molar-refractivity contribution is 6.42. The molecule has 2 aromatic carbocycles. The molecular formula is C13H10Cl3NO. The second-order valence-corrected chi connectivity index (χ2v) is 4.91. The number of nitrogen functional groups attached to an aromatic ring is 1. The third-order valence-electron chi connectivity index (χ3n) is 2.41. The summed E-state index contributed by atoms with van der Waals surface area (Å²) in [5.74, 6) is 0.526. The lowest BCUT2D eigenvalue weighted by atomic mass is 10.2. The molecule has 0 spiro atoms. The number of halogens is 3. The van der Waals surface area contributed by atoms with Crippen molar-refractivity contribution in [2.75, 3.05) is 5.73 Å². The lowest BCUT2D eigenvalue weighted by Crippen LogP contribution is -2.00. The van der Waals surface area contributed by atoms with Gasteiger partial charge in [-0.3, -0.25) is 0 Å². The first-order valence-corrected chi connectivity index (χ1v) is 6.32. The fraction of sp³-hybridized carbons (Fsp3) is 0.0769. The highest BCUT2D eigenvalue weighted by Crippen LogP contribution is 2.32. The average Bonchev–Trinajstić information content (AvgIpc) is 2.33. The van der Waals surface area contributed by atoms with Gasteiger partial charge in [0.25, 0.3) is 0 Å². The standard InChI is InChI=1S/C13H10Cl3NO/c14-9-5-4-8(11(17)6-9)7-18-12-3-1-2-10(15)13(12)16/h1-6H,7,17H2. The van der Waals surface area contributed by atoms with Crippen LogP contribution in [0.15, 0.2) is 36.4 Å². The number of benzene rings is 2. The Morgan fingerprint density at radius 1 is 1.06 bits per heavy atom. The Morgan fingerprint density at radius 2 is 1.83 bits per heavy atom. The van der Waals surface area contributed by atoms with E-state index < -0.39 is 0 Å². The lowest BCUT2D eigenvalue weighted by molar-refractivity contribution is 0.307. The quantitative estimate of drug-likeness (QED) is 0.826. The molecule has 0 aliphatic carbocycles. The fourth-order valence-electron chi connectivity index (χ4n) is 1.45. The van der Waals surface area contributed by atoms with Gasteiger partial charge in [-0.2, -0.15) is 0 Å². The molecule has 0 bridgehead atoms. The minimum Gasteiger partial charge on any atom is -0.487 e. The Hall–Kier alpha value is -1.09. The largest absolute Gasteiger partial charge is 0.487 e. The van der Waals surface area contributed by atoms with E-state index in [0.29, 0.717) is 33.1 Å². The second kappa shape index (κ2) is 5.70. The monoisotopic (exact) mass is 301 g/mol. The summed E-state index contributed by atoms with van der Waals surface area (Å²) in [6.45, 7) is 0.309. The highest BCUT2D eigenvalue weighted by Gasteiger charge is 2.07. The van der Waals surface area contributed by atoms with Gasteiger partial charge in [-0.1, -0.05) is 46.9 Å². The van der Waals surface area contributed by atoms with Gasteiger partial charge in [0.2, 0.25) is 0 Å². The van der Waals surface area contributed by atoms with Crippen molar-refractivity contribution in [1.82, 2.24) is 0 Å². The smallest absolute Gasteiger partial charge is 0.139 e. The van der Waals surface area contributed by atoms with Crippen LogP contribution in [0.25, 0.3) is 0 Å². The van der Waals surface area contributed by atoms with E-state index in [0.717, 1.165) is 5.56 Å². The Labute approximate surface area is 120 Å². The van der Waals surface area contributed by atoms with Crippen LogP contribution >= 0.6 is 34.8 Å². The molecule has 0 aromatic heterocycles. The van der Waals surface area contributed by atoms with Crippen LogP contribution in [-0.2, 0) is 6.61 Å². The predicted octanol–water partition coefficient (Wildman–Crippen LogP) is 4.81. The molecule has 94 valence electrons. The van der Waals surface area contributed by atoms with E-state index in [2.05, 4.69) is 0 Å². The van der Waals surface area contributed by atoms with Crippen molar-refractivity contribution in [3.8, 4) is 5.75 Å². The molecule has 0 radical (unpaired) electrons. The van der Waals surface area contributed by atoms with Gasteiger partial charge in [-0.25, -0.2) is 0 Å². The van der Waals surface area contributed by atoms with E-state index in [1.807, 2.05) is 6.07 Å². The Balaban J connectivity index is 2.14. The van der Waals surface area contributed by atoms with Gasteiger partial charge in [-0.15, -0.1) is 0 Å². The van der Waals surface area contributed by atoms with Crippen LogP contribution in [0, 0.1) is 0 Å². The molecule has 2 nitrogen and oxygen atoms in total. The Bertz CT molecular complexity index is 572. The molecule has 0 aliphatic rings. The van der Waals surface area contributed by atoms with Crippen molar-refractivity contribution in [2.24, 2.45) is 0 Å². The van der Waals surface area contributed by atoms with E-state index in [1.54, 1.807) is 30.3 Å². The van der Waals surface area contributed by atoms with Crippen LogP contribution in [0.5, 0.6) is 5.75 Å². The Kier molecular flexibility index (Phi) is 4.23. The molecule has 5 heteroatoms. The zero-order chi connectivity index (χ0) is 13.1. The summed E-state index contributed by atoms with van der Waals surface area (Å²) < 4.78 is 5.58. The number of anilines is 1. The third-order valence-corrected chi connectivity index (χ3v) is 3.44. The first kappa shape index (κ1) is 13.3. The van der Waals surface area contributed by atoms with Crippen LogP contribution in [0.2, 0.25) is 15.1 Å². The van der Waals surface area contributed by atoms with Crippen LogP contribution in [0.3, 0.4) is 0 Å². The number of hydrogen-bond acceptors (Lipinski definition) is 2. The fourth-order valence-corrected chi connectivity index (χ4v) is 1.98. The summed E-state index contributed by atoms with van der Waals surface area (Å²) in [5, 5.41) is 1.45. The van der Waals surface area contributed by atoms with E-state index in [-0.39, 0.29) is 0 Å². The van der Waals surface area contributed by atoms with Crippen LogP contribution in [0.4, 0.5) is 5.69 Å². The van der Waals surface area contributed by atoms with Gasteiger partial charge < -0.3 is 10.5 Å². The van der Waals surface area contributed by atoms with E-state index in [9.17, 15) is 0 Å². The summed E-state index contributed by atoms with van der Waals surface area (Å²) in [5.41, 5.74) is 7.26. The molecule has 0 fully saturated rings. The van der Waals surface area contributed by atoms with Gasteiger partial charge >= 0.3 is 0 Å². The second-order valence-electron chi connectivity index (χ2n) is 3.68. The van der Waals surface area contributed by atoms with E-state index in [4.69, 9.17) is 45.3 Å². The SMILES string of the molecule is Nc1cc(Cl)ccc1COc1cccc(Cl)c1Cl. The molecule has 2 rings (SSSR count). The van der Waals surface area contributed by atoms with Crippen molar-refractivity contribution < 1.29 is 4.74 Å². The van der Waals surface area contributed by atoms with Crippen molar-refractivity contribution in [1.29, 1.82) is 0 Å². The topological polar surface area (TPSA) is 35.2 Å². The lowest BCUT2D eigenvalue weighted by Gasteiger charge is -2.10. The summed E-state index contributed by atoms with van der Waals surface area (Å²) in [7, 11) is 0. The highest BCUT2D eigenvalue weighted by atomic mass is 35.5. The maximum absolute atomic E-state index is 6.02. The minimum absolute atomic E-state index is 0.309. The molecule has 18 heavy (non-hydrogen) atoms. The van der Waals surface area contributed by atoms with Crippen molar-refractivity contribution in [2.45, 2.75) is 6.61 Å². The summed E-state index contributed by atoms with van der Waals surface area (Å²) in [6.07, 6.45) is 0. The maximum atomic E-state index is 6.02. The van der Waals surface area contributed by atoms with Gasteiger partial charge in [0.1, 0.15) is 17.4 Å². The van der Waals surface area contributed by atoms with Gasteiger partial charge in [-0.05, 0) is 24.3 Å². The first-order valence-electron chi connectivity index (χ1n) is 5.18. The van der Waals surface area contributed by atoms with Crippen LogP contribution in [-0.4, -0.2) is 0 Å². The molecule has 2 N–H and O–H groups in total. The van der Waals surface area contributed by atoms with E-state index in [1.165, 1.54) is 0 Å². The zero-order valence-electron chi connectivity index (χ0n) is 9.29. The molecule has 0 atom stereocenters. The summed E-state index contributed by atoms with van der Waals surface area (Å²) >= 11 is 17.7. The molecule has 0 amide bonds. The number of hydrogen-bond donors (Lipinski definition) is 1. The molecule has 0 heterocycles. The first-order chi connectivity index (χ1) is 8.58. The summed E-state index contributed by atoms with van der Waals surface area (Å²) in [4.78, 5) is 0. The summed E-state index contributed by atoms with van der Waals surface area (Å²) in [6, 6.07) is 10.5. The van der Waals surface area contributed by atoms with Crippen LogP contribution < -0.4 is 10.5 Å². The van der Waals surface area contributed by atoms with Crippen molar-refractivity contribution in [3.05, 3.63) is 57.0 Å². The molecule has 0 saturated heterocycles. The van der Waals surface area contributed by atoms with Gasteiger partial charge in [0.15, 0.2) is 0 Å².